The van der Waals surface area contributed by atoms with Crippen LogP contribution in [0.5, 0.6) is 0 Å². The highest BCUT2D eigenvalue weighted by Gasteiger charge is 2.32. The maximum Gasteiger partial charge on any atom is 0.250 e. The van der Waals surface area contributed by atoms with Crippen LogP contribution in [0.1, 0.15) is 19.8 Å². The third kappa shape index (κ3) is 3.66. The molecule has 1 rings (SSSR count). The molecule has 3 nitrogen and oxygen atoms in total. The predicted octanol–water partition coefficient (Wildman–Crippen LogP) is 0.654. The molecule has 0 bridgehead atoms. The van der Waals surface area contributed by atoms with E-state index in [1.54, 1.807) is 0 Å². The first-order valence-electron chi connectivity index (χ1n) is 5.57. The lowest BCUT2D eigenvalue weighted by Gasteiger charge is -2.41. The van der Waals surface area contributed by atoms with Gasteiger partial charge in [-0.15, -0.1) is 0 Å². The van der Waals surface area contributed by atoms with E-state index in [9.17, 15) is 8.78 Å². The van der Waals surface area contributed by atoms with Gasteiger partial charge in [-0.1, -0.05) is 6.92 Å². The number of hydrogen-bond acceptors (Lipinski definition) is 3. The number of halogens is 2. The van der Waals surface area contributed by atoms with E-state index >= 15 is 0 Å². The van der Waals surface area contributed by atoms with E-state index in [1.165, 1.54) is 0 Å². The molecule has 0 aliphatic carbocycles. The van der Waals surface area contributed by atoms with E-state index in [2.05, 4.69) is 17.1 Å². The van der Waals surface area contributed by atoms with Crippen molar-refractivity contribution in [1.29, 1.82) is 0 Å². The highest BCUT2D eigenvalue weighted by atomic mass is 19.3. The van der Waals surface area contributed by atoms with Crippen LogP contribution in [0.25, 0.3) is 0 Å². The fourth-order valence-corrected chi connectivity index (χ4v) is 2.04. The molecule has 1 aliphatic heterocycles. The van der Waals surface area contributed by atoms with Crippen LogP contribution in [0.2, 0.25) is 0 Å². The molecular formula is C10H21F2N3. The zero-order valence-electron chi connectivity index (χ0n) is 9.31. The summed E-state index contributed by atoms with van der Waals surface area (Å²) in [5, 5.41) is 2.93. The summed E-state index contributed by atoms with van der Waals surface area (Å²) < 4.78 is 24.3. The van der Waals surface area contributed by atoms with Gasteiger partial charge in [0.15, 0.2) is 0 Å². The van der Waals surface area contributed by atoms with E-state index in [0.29, 0.717) is 6.54 Å². The van der Waals surface area contributed by atoms with Crippen LogP contribution in [0.15, 0.2) is 0 Å². The Labute approximate surface area is 90.0 Å². The van der Waals surface area contributed by atoms with Crippen LogP contribution in [-0.4, -0.2) is 49.6 Å². The summed E-state index contributed by atoms with van der Waals surface area (Å²) in [5.41, 5.74) is 5.42. The third-order valence-corrected chi connectivity index (χ3v) is 3.28. The van der Waals surface area contributed by atoms with Gasteiger partial charge in [-0.3, -0.25) is 0 Å². The van der Waals surface area contributed by atoms with Crippen LogP contribution < -0.4 is 11.1 Å². The number of nitrogens with one attached hydrogen (secondary N) is 1. The summed E-state index contributed by atoms with van der Waals surface area (Å²) in [6.45, 7) is 5.23. The number of rotatable bonds is 5. The van der Waals surface area contributed by atoms with E-state index in [4.69, 9.17) is 5.73 Å². The Morgan fingerprint density at radius 1 is 1.40 bits per heavy atom. The Hall–Kier alpha value is -0.260. The number of piperidine rings is 1. The van der Waals surface area contributed by atoms with Gasteiger partial charge in [-0.25, -0.2) is 8.78 Å². The molecule has 0 amide bonds. The monoisotopic (exact) mass is 221 g/mol. The van der Waals surface area contributed by atoms with Crippen molar-refractivity contribution in [3.05, 3.63) is 0 Å². The van der Waals surface area contributed by atoms with Crippen molar-refractivity contribution in [3.8, 4) is 0 Å². The van der Waals surface area contributed by atoms with Crippen molar-refractivity contribution < 1.29 is 8.78 Å². The molecule has 0 atom stereocenters. The van der Waals surface area contributed by atoms with Crippen LogP contribution >= 0.6 is 0 Å². The Morgan fingerprint density at radius 2 is 2.00 bits per heavy atom. The summed E-state index contributed by atoms with van der Waals surface area (Å²) in [6, 6.07) is 0. The molecule has 15 heavy (non-hydrogen) atoms. The molecule has 0 unspecified atom stereocenters. The molecule has 1 aliphatic rings. The van der Waals surface area contributed by atoms with E-state index in [-0.39, 0.29) is 12.1 Å². The number of nitrogens with zero attached hydrogens (tertiary/aromatic N) is 1. The second-order valence-corrected chi connectivity index (χ2v) is 4.19. The molecule has 0 aromatic rings. The fraction of sp³-hybridized carbons (Fsp3) is 1.00. The molecule has 0 aromatic carbocycles. The molecule has 1 heterocycles. The summed E-state index contributed by atoms with van der Waals surface area (Å²) in [6.07, 6.45) is -0.564. The molecule has 0 spiro atoms. The molecule has 3 N–H and O–H groups in total. The minimum absolute atomic E-state index is 0.247. The van der Waals surface area contributed by atoms with Gasteiger partial charge in [-0.05, 0) is 32.5 Å². The Balaban J connectivity index is 2.41. The number of hydrogen-bond donors (Lipinski definition) is 2. The van der Waals surface area contributed by atoms with Gasteiger partial charge < -0.3 is 16.0 Å². The van der Waals surface area contributed by atoms with Gasteiger partial charge in [-0.2, -0.15) is 0 Å². The maximum atomic E-state index is 12.1. The van der Waals surface area contributed by atoms with E-state index < -0.39 is 6.43 Å². The molecule has 0 aromatic heterocycles. The minimum atomic E-state index is -2.29. The summed E-state index contributed by atoms with van der Waals surface area (Å²) >= 11 is 0. The highest BCUT2D eigenvalue weighted by molar-refractivity contribution is 4.94. The lowest BCUT2D eigenvalue weighted by Crippen LogP contribution is -2.58. The number of alkyl halides is 2. The number of nitrogens with two attached hydrogens (primary N) is 1. The first-order valence-corrected chi connectivity index (χ1v) is 5.57. The zero-order chi connectivity index (χ0) is 11.3. The van der Waals surface area contributed by atoms with Crippen LogP contribution in [-0.2, 0) is 0 Å². The molecule has 5 heteroatoms. The normalized spacial score (nSPS) is 22.2. The second-order valence-electron chi connectivity index (χ2n) is 4.19. The van der Waals surface area contributed by atoms with Crippen molar-refractivity contribution in [1.82, 2.24) is 10.2 Å². The molecule has 1 fully saturated rings. The number of likely N-dealkylation sites (tertiary alicyclic amines) is 1. The lowest BCUT2D eigenvalue weighted by atomic mass is 9.87. The SMILES string of the molecule is CCN1CCC(CN)(NCC(F)F)CC1. The quantitative estimate of drug-likeness (QED) is 0.716. The highest BCUT2D eigenvalue weighted by Crippen LogP contribution is 2.21. The summed E-state index contributed by atoms with van der Waals surface area (Å²) in [5.74, 6) is 0. The van der Waals surface area contributed by atoms with Crippen molar-refractivity contribution in [2.75, 3.05) is 32.7 Å². The van der Waals surface area contributed by atoms with Gasteiger partial charge in [0.2, 0.25) is 0 Å². The molecular weight excluding hydrogens is 200 g/mol. The van der Waals surface area contributed by atoms with Gasteiger partial charge in [0.05, 0.1) is 6.54 Å². The zero-order valence-corrected chi connectivity index (χ0v) is 9.31. The average molecular weight is 221 g/mol. The van der Waals surface area contributed by atoms with Crippen molar-refractivity contribution in [2.24, 2.45) is 5.73 Å². The third-order valence-electron chi connectivity index (χ3n) is 3.28. The van der Waals surface area contributed by atoms with Crippen LogP contribution in [0.4, 0.5) is 8.78 Å². The molecule has 1 saturated heterocycles. The topological polar surface area (TPSA) is 41.3 Å². The Kier molecular flexibility index (Phi) is 4.89. The van der Waals surface area contributed by atoms with Crippen LogP contribution in [0.3, 0.4) is 0 Å². The Bertz CT molecular complexity index is 180. The Morgan fingerprint density at radius 3 is 2.40 bits per heavy atom. The standard InChI is InChI=1S/C10H21F2N3/c1-2-15-5-3-10(8-13,4-6-15)14-7-9(11)12/h9,14H,2-8,13H2,1H3. The first kappa shape index (κ1) is 12.8. The first-order chi connectivity index (χ1) is 7.12. The molecule has 0 saturated carbocycles. The predicted molar refractivity (Wildman–Crippen MR) is 57.1 cm³/mol. The average Bonchev–Trinajstić information content (AvgIpc) is 2.27. The summed E-state index contributed by atoms with van der Waals surface area (Å²) in [7, 11) is 0. The van der Waals surface area contributed by atoms with Crippen molar-refractivity contribution in [2.45, 2.75) is 31.7 Å². The molecule has 0 radical (unpaired) electrons. The van der Waals surface area contributed by atoms with Gasteiger partial charge >= 0.3 is 0 Å². The smallest absolute Gasteiger partial charge is 0.250 e. The maximum absolute atomic E-state index is 12.1. The van der Waals surface area contributed by atoms with E-state index in [0.717, 1.165) is 32.5 Å². The van der Waals surface area contributed by atoms with Gasteiger partial charge in [0.25, 0.3) is 6.43 Å². The largest absolute Gasteiger partial charge is 0.329 e. The second kappa shape index (κ2) is 5.72. The summed E-state index contributed by atoms with van der Waals surface area (Å²) in [4.78, 5) is 2.32. The minimum Gasteiger partial charge on any atom is -0.329 e. The fourth-order valence-electron chi connectivity index (χ4n) is 2.04. The van der Waals surface area contributed by atoms with E-state index in [1.807, 2.05) is 0 Å². The van der Waals surface area contributed by atoms with Gasteiger partial charge in [0.1, 0.15) is 0 Å². The van der Waals surface area contributed by atoms with Crippen LogP contribution in [0, 0.1) is 0 Å². The molecule has 90 valence electrons. The van der Waals surface area contributed by atoms with Gasteiger partial charge in [0, 0.05) is 12.1 Å². The lowest BCUT2D eigenvalue weighted by molar-refractivity contribution is 0.0995. The van der Waals surface area contributed by atoms with Crippen molar-refractivity contribution in [3.63, 3.8) is 0 Å². The van der Waals surface area contributed by atoms with Crippen molar-refractivity contribution >= 4 is 0 Å².